The molecule has 94 valence electrons. The van der Waals surface area contributed by atoms with Crippen molar-refractivity contribution in [3.63, 3.8) is 0 Å². The van der Waals surface area contributed by atoms with Gasteiger partial charge in [0, 0.05) is 39.3 Å². The van der Waals surface area contributed by atoms with Crippen LogP contribution in [0, 0.1) is 0 Å². The molecule has 0 aliphatic carbocycles. The van der Waals surface area contributed by atoms with Gasteiger partial charge in [-0.05, 0) is 32.7 Å². The highest BCUT2D eigenvalue weighted by molar-refractivity contribution is 5.77. The SMILES string of the molecule is COCCC(C)NCCCN1CCCC1=O. The van der Waals surface area contributed by atoms with Gasteiger partial charge in [-0.15, -0.1) is 0 Å². The third kappa shape index (κ3) is 4.94. The van der Waals surface area contributed by atoms with Gasteiger partial charge < -0.3 is 15.0 Å². The number of carbonyl (C=O) groups excluding carboxylic acids is 1. The zero-order valence-electron chi connectivity index (χ0n) is 10.5. The molecule has 0 aromatic heterocycles. The Morgan fingerprint density at radius 3 is 3.00 bits per heavy atom. The minimum atomic E-state index is 0.326. The molecule has 0 aromatic rings. The second kappa shape index (κ2) is 7.63. The number of nitrogens with one attached hydrogen (secondary N) is 1. The van der Waals surface area contributed by atoms with Crippen molar-refractivity contribution < 1.29 is 9.53 Å². The minimum absolute atomic E-state index is 0.326. The van der Waals surface area contributed by atoms with Gasteiger partial charge in [-0.3, -0.25) is 4.79 Å². The van der Waals surface area contributed by atoms with Crippen LogP contribution in [0.3, 0.4) is 0 Å². The lowest BCUT2D eigenvalue weighted by molar-refractivity contribution is -0.127. The van der Waals surface area contributed by atoms with Crippen LogP contribution in [-0.4, -0.2) is 50.2 Å². The van der Waals surface area contributed by atoms with Crippen molar-refractivity contribution in [3.05, 3.63) is 0 Å². The molecule has 1 aliphatic heterocycles. The molecular weight excluding hydrogens is 204 g/mol. The first-order valence-corrected chi connectivity index (χ1v) is 6.24. The number of carbonyl (C=O) groups is 1. The van der Waals surface area contributed by atoms with E-state index in [4.69, 9.17) is 4.74 Å². The first-order valence-electron chi connectivity index (χ1n) is 6.24. The van der Waals surface area contributed by atoms with E-state index in [1.807, 2.05) is 4.90 Å². The number of rotatable bonds is 8. The predicted molar refractivity (Wildman–Crippen MR) is 64.4 cm³/mol. The largest absolute Gasteiger partial charge is 0.385 e. The Hall–Kier alpha value is -0.610. The summed E-state index contributed by atoms with van der Waals surface area (Å²) in [5, 5.41) is 3.44. The van der Waals surface area contributed by atoms with Gasteiger partial charge in [-0.2, -0.15) is 0 Å². The smallest absolute Gasteiger partial charge is 0.222 e. The van der Waals surface area contributed by atoms with Crippen molar-refractivity contribution in [1.82, 2.24) is 10.2 Å². The van der Waals surface area contributed by atoms with Crippen LogP contribution in [0.15, 0.2) is 0 Å². The van der Waals surface area contributed by atoms with E-state index >= 15 is 0 Å². The summed E-state index contributed by atoms with van der Waals surface area (Å²) in [6.45, 7) is 5.81. The molecule has 1 atom stereocenters. The highest BCUT2D eigenvalue weighted by Gasteiger charge is 2.18. The summed E-state index contributed by atoms with van der Waals surface area (Å²) in [6.07, 6.45) is 3.87. The van der Waals surface area contributed by atoms with Gasteiger partial charge in [0.15, 0.2) is 0 Å². The second-order valence-electron chi connectivity index (χ2n) is 4.47. The zero-order valence-corrected chi connectivity index (χ0v) is 10.5. The Balaban J connectivity index is 1.96. The van der Waals surface area contributed by atoms with Crippen LogP contribution >= 0.6 is 0 Å². The van der Waals surface area contributed by atoms with Crippen LogP contribution in [0.1, 0.15) is 32.6 Å². The van der Waals surface area contributed by atoms with Crippen molar-refractivity contribution in [2.45, 2.75) is 38.6 Å². The van der Waals surface area contributed by atoms with Crippen LogP contribution in [0.4, 0.5) is 0 Å². The summed E-state index contributed by atoms with van der Waals surface area (Å²) >= 11 is 0. The van der Waals surface area contributed by atoms with Gasteiger partial charge in [0.25, 0.3) is 0 Å². The van der Waals surface area contributed by atoms with Gasteiger partial charge in [0.05, 0.1) is 0 Å². The topological polar surface area (TPSA) is 41.6 Å². The third-order valence-corrected chi connectivity index (χ3v) is 3.02. The molecule has 16 heavy (non-hydrogen) atoms. The highest BCUT2D eigenvalue weighted by Crippen LogP contribution is 2.09. The lowest BCUT2D eigenvalue weighted by Gasteiger charge is -2.17. The number of hydrogen-bond donors (Lipinski definition) is 1. The second-order valence-corrected chi connectivity index (χ2v) is 4.47. The molecule has 1 fully saturated rings. The Labute approximate surface area is 98.3 Å². The molecule has 1 saturated heterocycles. The van der Waals surface area contributed by atoms with Crippen molar-refractivity contribution in [3.8, 4) is 0 Å². The zero-order chi connectivity index (χ0) is 11.8. The molecule has 4 heteroatoms. The number of hydrogen-bond acceptors (Lipinski definition) is 3. The third-order valence-electron chi connectivity index (χ3n) is 3.02. The minimum Gasteiger partial charge on any atom is -0.385 e. The van der Waals surface area contributed by atoms with E-state index in [9.17, 15) is 4.79 Å². The highest BCUT2D eigenvalue weighted by atomic mass is 16.5. The molecular formula is C12H24N2O2. The Morgan fingerprint density at radius 2 is 2.38 bits per heavy atom. The predicted octanol–water partition coefficient (Wildman–Crippen LogP) is 1.01. The Bertz CT molecular complexity index is 209. The molecule has 1 heterocycles. The van der Waals surface area contributed by atoms with Gasteiger partial charge in [-0.25, -0.2) is 0 Å². The fourth-order valence-electron chi connectivity index (χ4n) is 1.96. The lowest BCUT2D eigenvalue weighted by Crippen LogP contribution is -2.32. The van der Waals surface area contributed by atoms with E-state index in [1.54, 1.807) is 7.11 Å². The van der Waals surface area contributed by atoms with Crippen LogP contribution in [0.25, 0.3) is 0 Å². The normalized spacial score (nSPS) is 18.1. The maximum atomic E-state index is 11.3. The molecule has 1 amide bonds. The molecule has 0 bridgehead atoms. The van der Waals surface area contributed by atoms with Crippen molar-refractivity contribution in [2.75, 3.05) is 33.4 Å². The molecule has 0 saturated carbocycles. The van der Waals surface area contributed by atoms with Gasteiger partial charge in [0.1, 0.15) is 0 Å². The van der Waals surface area contributed by atoms with Crippen molar-refractivity contribution in [2.24, 2.45) is 0 Å². The van der Waals surface area contributed by atoms with E-state index < -0.39 is 0 Å². The molecule has 1 rings (SSSR count). The average molecular weight is 228 g/mol. The Morgan fingerprint density at radius 1 is 1.56 bits per heavy atom. The van der Waals surface area contributed by atoms with Gasteiger partial charge in [-0.1, -0.05) is 0 Å². The summed E-state index contributed by atoms with van der Waals surface area (Å²) in [7, 11) is 1.73. The van der Waals surface area contributed by atoms with Gasteiger partial charge in [0.2, 0.25) is 5.91 Å². The number of ether oxygens (including phenoxy) is 1. The summed E-state index contributed by atoms with van der Waals surface area (Å²) < 4.78 is 5.02. The molecule has 4 nitrogen and oxygen atoms in total. The summed E-state index contributed by atoms with van der Waals surface area (Å²) in [5.74, 6) is 0.326. The fourth-order valence-corrected chi connectivity index (χ4v) is 1.96. The molecule has 1 aliphatic rings. The number of likely N-dealkylation sites (tertiary alicyclic amines) is 1. The maximum Gasteiger partial charge on any atom is 0.222 e. The number of methoxy groups -OCH3 is 1. The van der Waals surface area contributed by atoms with E-state index in [2.05, 4.69) is 12.2 Å². The Kier molecular flexibility index (Phi) is 6.42. The molecule has 1 N–H and O–H groups in total. The fraction of sp³-hybridized carbons (Fsp3) is 0.917. The van der Waals surface area contributed by atoms with Crippen molar-refractivity contribution in [1.29, 1.82) is 0 Å². The molecule has 0 radical (unpaired) electrons. The first kappa shape index (κ1) is 13.5. The first-order chi connectivity index (χ1) is 7.74. The van der Waals surface area contributed by atoms with Gasteiger partial charge >= 0.3 is 0 Å². The average Bonchev–Trinajstić information content (AvgIpc) is 2.67. The molecule has 0 aromatic carbocycles. The van der Waals surface area contributed by atoms with E-state index in [0.29, 0.717) is 11.9 Å². The summed E-state index contributed by atoms with van der Waals surface area (Å²) in [5.41, 5.74) is 0. The maximum absolute atomic E-state index is 11.3. The summed E-state index contributed by atoms with van der Waals surface area (Å²) in [6, 6.07) is 0.495. The molecule has 1 unspecified atom stereocenters. The van der Waals surface area contributed by atoms with Crippen LogP contribution in [0.2, 0.25) is 0 Å². The summed E-state index contributed by atoms with van der Waals surface area (Å²) in [4.78, 5) is 13.3. The van der Waals surface area contributed by atoms with Crippen LogP contribution in [0.5, 0.6) is 0 Å². The monoisotopic (exact) mass is 228 g/mol. The van der Waals surface area contributed by atoms with Crippen molar-refractivity contribution >= 4 is 5.91 Å². The van der Waals surface area contributed by atoms with E-state index in [1.165, 1.54) is 0 Å². The molecule has 0 spiro atoms. The number of amides is 1. The van der Waals surface area contributed by atoms with Crippen LogP contribution in [-0.2, 0) is 9.53 Å². The quantitative estimate of drug-likeness (QED) is 0.631. The number of nitrogens with zero attached hydrogens (tertiary/aromatic N) is 1. The van der Waals surface area contributed by atoms with Crippen LogP contribution < -0.4 is 5.32 Å². The van der Waals surface area contributed by atoms with E-state index in [0.717, 1.165) is 51.9 Å². The standard InChI is InChI=1S/C12H24N2O2/c1-11(6-10-16-2)13-7-4-9-14-8-3-5-12(14)15/h11,13H,3-10H2,1-2H3. The van der Waals surface area contributed by atoms with E-state index in [-0.39, 0.29) is 0 Å². The lowest BCUT2D eigenvalue weighted by atomic mass is 10.2.